The van der Waals surface area contributed by atoms with Gasteiger partial charge in [-0.15, -0.1) is 0 Å². The number of carboxylic acid groups (broad SMARTS) is 1. The third kappa shape index (κ3) is 4.02. The number of carbonyl (C=O) groups excluding carboxylic acids is 2. The Bertz CT molecular complexity index is 703. The number of esters is 1. The van der Waals surface area contributed by atoms with E-state index in [0.29, 0.717) is 18.4 Å². The lowest BCUT2D eigenvalue weighted by Crippen LogP contribution is -2.57. The predicted molar refractivity (Wildman–Crippen MR) is 103 cm³/mol. The Hall–Kier alpha value is -1.91. The van der Waals surface area contributed by atoms with E-state index in [0.717, 1.165) is 18.4 Å². The third-order valence-electron chi connectivity index (χ3n) is 7.24. The normalized spacial score (nSPS) is 35.1. The molecule has 5 atom stereocenters. The molecule has 150 valence electrons. The van der Waals surface area contributed by atoms with Gasteiger partial charge in [-0.05, 0) is 50.0 Å². The highest BCUT2D eigenvalue weighted by Crippen LogP contribution is 2.62. The molecule has 5 nitrogen and oxygen atoms in total. The smallest absolute Gasteiger partial charge is 0.328 e. The highest BCUT2D eigenvalue weighted by molar-refractivity contribution is 5.92. The number of hydrogen-bond acceptors (Lipinski definition) is 4. The van der Waals surface area contributed by atoms with E-state index in [-0.39, 0.29) is 29.0 Å². The zero-order valence-corrected chi connectivity index (χ0v) is 17.3. The second-order valence-corrected chi connectivity index (χ2v) is 8.90. The van der Waals surface area contributed by atoms with Crippen molar-refractivity contribution in [3.63, 3.8) is 0 Å². The van der Waals surface area contributed by atoms with Crippen LogP contribution in [-0.4, -0.2) is 28.9 Å². The van der Waals surface area contributed by atoms with Crippen LogP contribution in [0.1, 0.15) is 67.2 Å². The summed E-state index contributed by atoms with van der Waals surface area (Å²) in [7, 11) is 0. The van der Waals surface area contributed by atoms with Crippen LogP contribution in [-0.2, 0) is 19.1 Å². The Morgan fingerprint density at radius 3 is 2.56 bits per heavy atom. The molecule has 2 aliphatic carbocycles. The lowest BCUT2D eigenvalue weighted by molar-refractivity contribution is -0.172. The molecule has 1 saturated carbocycles. The summed E-state index contributed by atoms with van der Waals surface area (Å²) >= 11 is 0. The lowest BCUT2D eigenvalue weighted by Gasteiger charge is -2.59. The zero-order valence-electron chi connectivity index (χ0n) is 17.3. The molecule has 0 unspecified atom stereocenters. The summed E-state index contributed by atoms with van der Waals surface area (Å²) in [5, 5.41) is 9.07. The number of hydrogen-bond donors (Lipinski definition) is 1. The topological polar surface area (TPSA) is 80.7 Å². The molecule has 0 bridgehead atoms. The van der Waals surface area contributed by atoms with Crippen molar-refractivity contribution in [2.24, 2.45) is 22.7 Å². The van der Waals surface area contributed by atoms with Crippen LogP contribution in [0.2, 0.25) is 0 Å². The van der Waals surface area contributed by atoms with Crippen LogP contribution in [0.5, 0.6) is 0 Å². The number of ether oxygens (including phenoxy) is 1. The van der Waals surface area contributed by atoms with Crippen LogP contribution in [0.15, 0.2) is 23.3 Å². The Morgan fingerprint density at radius 1 is 1.37 bits per heavy atom. The van der Waals surface area contributed by atoms with E-state index in [1.54, 1.807) is 13.0 Å². The van der Waals surface area contributed by atoms with Gasteiger partial charge in [0.05, 0.1) is 0 Å². The highest BCUT2D eigenvalue weighted by Gasteiger charge is 2.58. The molecule has 2 rings (SSSR count). The molecule has 0 amide bonds. The van der Waals surface area contributed by atoms with E-state index in [1.807, 2.05) is 6.92 Å². The summed E-state index contributed by atoms with van der Waals surface area (Å²) in [5.41, 5.74) is 1.22. The first-order chi connectivity index (χ1) is 12.4. The Kier molecular flexibility index (Phi) is 6.03. The van der Waals surface area contributed by atoms with Crippen molar-refractivity contribution in [1.82, 2.24) is 0 Å². The van der Waals surface area contributed by atoms with Crippen LogP contribution in [0.4, 0.5) is 0 Å². The van der Waals surface area contributed by atoms with Gasteiger partial charge in [0, 0.05) is 31.3 Å². The first-order valence-corrected chi connectivity index (χ1v) is 9.70. The summed E-state index contributed by atoms with van der Waals surface area (Å²) in [6, 6.07) is 0. The van der Waals surface area contributed by atoms with E-state index in [2.05, 4.69) is 20.8 Å². The predicted octanol–water partition coefficient (Wildman–Crippen LogP) is 4.32. The van der Waals surface area contributed by atoms with Crippen LogP contribution < -0.4 is 0 Å². The molecule has 1 fully saturated rings. The van der Waals surface area contributed by atoms with Gasteiger partial charge in [-0.1, -0.05) is 31.9 Å². The average Bonchev–Trinajstić information content (AvgIpc) is 2.52. The number of carbonyl (C=O) groups is 3. The molecule has 0 spiro atoms. The molecule has 1 N–H and O–H groups in total. The number of carboxylic acids is 1. The summed E-state index contributed by atoms with van der Waals surface area (Å²) in [4.78, 5) is 35.3. The van der Waals surface area contributed by atoms with Gasteiger partial charge in [-0.3, -0.25) is 9.59 Å². The first kappa shape index (κ1) is 21.4. The number of aliphatic carboxylic acids is 1. The molecule has 0 aromatic heterocycles. The van der Waals surface area contributed by atoms with Gasteiger partial charge in [0.2, 0.25) is 0 Å². The van der Waals surface area contributed by atoms with E-state index in [1.165, 1.54) is 13.0 Å². The standard InChI is InChI=1S/C22H32O5/c1-13(10-20(25)26)9-19(27-16(4)23)22(6)14(2)7-8-21(5)15(3)11-17(24)12-18(21)22/h10-11,14,18-19H,7-9,12H2,1-6H3,(H,25,26)/b13-10+/t14-,18+,19-,21+,22+/m1/s1. The summed E-state index contributed by atoms with van der Waals surface area (Å²) in [5.74, 6) is -0.968. The fraction of sp³-hybridized carbons (Fsp3) is 0.682. The summed E-state index contributed by atoms with van der Waals surface area (Å²) < 4.78 is 5.78. The van der Waals surface area contributed by atoms with Gasteiger partial charge in [0.25, 0.3) is 0 Å². The molecule has 0 aromatic rings. The molecule has 0 heterocycles. The molecule has 2 aliphatic rings. The molecule has 0 aliphatic heterocycles. The van der Waals surface area contributed by atoms with Crippen molar-refractivity contribution < 1.29 is 24.2 Å². The average molecular weight is 376 g/mol. The number of fused-ring (bicyclic) bond motifs is 1. The summed E-state index contributed by atoms with van der Waals surface area (Å²) in [6.07, 6.45) is 5.24. The molecule has 0 saturated heterocycles. The monoisotopic (exact) mass is 376 g/mol. The van der Waals surface area contributed by atoms with E-state index < -0.39 is 17.5 Å². The third-order valence-corrected chi connectivity index (χ3v) is 7.24. The van der Waals surface area contributed by atoms with Crippen molar-refractivity contribution in [3.8, 4) is 0 Å². The maximum absolute atomic E-state index is 12.4. The fourth-order valence-corrected chi connectivity index (χ4v) is 5.31. The minimum atomic E-state index is -1.01. The van der Waals surface area contributed by atoms with Gasteiger partial charge < -0.3 is 9.84 Å². The van der Waals surface area contributed by atoms with Crippen LogP contribution in [0, 0.1) is 22.7 Å². The minimum absolute atomic E-state index is 0.0493. The Balaban J connectivity index is 2.52. The largest absolute Gasteiger partial charge is 0.478 e. The van der Waals surface area contributed by atoms with Gasteiger partial charge in [-0.2, -0.15) is 0 Å². The first-order valence-electron chi connectivity index (χ1n) is 9.70. The second-order valence-electron chi connectivity index (χ2n) is 8.90. The highest BCUT2D eigenvalue weighted by atomic mass is 16.5. The van der Waals surface area contributed by atoms with Gasteiger partial charge in [0.1, 0.15) is 6.10 Å². The fourth-order valence-electron chi connectivity index (χ4n) is 5.31. The maximum Gasteiger partial charge on any atom is 0.328 e. The molecule has 0 aromatic carbocycles. The van der Waals surface area contributed by atoms with E-state index >= 15 is 0 Å². The molecule has 0 radical (unpaired) electrons. The molecular weight excluding hydrogens is 344 g/mol. The molecule has 5 heteroatoms. The second kappa shape index (κ2) is 7.61. The quantitative estimate of drug-likeness (QED) is 0.571. The van der Waals surface area contributed by atoms with E-state index in [9.17, 15) is 14.4 Å². The maximum atomic E-state index is 12.4. The number of rotatable bonds is 5. The van der Waals surface area contributed by atoms with Crippen molar-refractivity contribution >= 4 is 17.7 Å². The molecular formula is C22H32O5. The zero-order chi connectivity index (χ0) is 20.6. The van der Waals surface area contributed by atoms with Gasteiger partial charge in [-0.25, -0.2) is 4.79 Å². The Labute approximate surface area is 161 Å². The van der Waals surface area contributed by atoms with Crippen molar-refractivity contribution in [1.29, 1.82) is 0 Å². The lowest BCUT2D eigenvalue weighted by atomic mass is 9.46. The van der Waals surface area contributed by atoms with Gasteiger partial charge >= 0.3 is 11.9 Å². The number of allylic oxidation sites excluding steroid dienone is 2. The SMILES string of the molecule is CC(=O)O[C@H](C/C(C)=C/C(=O)O)[C@@]1(C)[C@H](C)CC[C@@]2(C)C(C)=CC(=O)C[C@H]12. The molecule has 27 heavy (non-hydrogen) atoms. The Morgan fingerprint density at radius 2 is 2.00 bits per heavy atom. The van der Waals surface area contributed by atoms with E-state index in [4.69, 9.17) is 9.84 Å². The summed E-state index contributed by atoms with van der Waals surface area (Å²) in [6.45, 7) is 11.6. The van der Waals surface area contributed by atoms with Crippen LogP contribution in [0.3, 0.4) is 0 Å². The van der Waals surface area contributed by atoms with Crippen LogP contribution in [0.25, 0.3) is 0 Å². The van der Waals surface area contributed by atoms with Crippen molar-refractivity contribution in [3.05, 3.63) is 23.3 Å². The number of ketones is 1. The van der Waals surface area contributed by atoms with Crippen LogP contribution >= 0.6 is 0 Å². The minimum Gasteiger partial charge on any atom is -0.478 e. The van der Waals surface area contributed by atoms with Gasteiger partial charge in [0.15, 0.2) is 5.78 Å². The van der Waals surface area contributed by atoms with Crippen molar-refractivity contribution in [2.45, 2.75) is 73.3 Å². The van der Waals surface area contributed by atoms with Crippen molar-refractivity contribution in [2.75, 3.05) is 0 Å².